The minimum atomic E-state index is -1.08. The number of rotatable bonds is 9. The Morgan fingerprint density at radius 2 is 1.77 bits per heavy atom. The summed E-state index contributed by atoms with van der Waals surface area (Å²) in [5, 5.41) is 15.6. The number of benzene rings is 2. The summed E-state index contributed by atoms with van der Waals surface area (Å²) in [4.78, 5) is 39.6. The van der Waals surface area contributed by atoms with E-state index in [9.17, 15) is 14.7 Å². The van der Waals surface area contributed by atoms with Crippen LogP contribution in [0.25, 0.3) is 11.4 Å². The van der Waals surface area contributed by atoms with Gasteiger partial charge >= 0.3 is 5.97 Å². The maximum atomic E-state index is 12.9. The zero-order chi connectivity index (χ0) is 24.9. The lowest BCUT2D eigenvalue weighted by molar-refractivity contribution is -0.139. The molecule has 9 heteroatoms. The number of carboxylic acids is 1. The summed E-state index contributed by atoms with van der Waals surface area (Å²) < 4.78 is 0. The normalized spacial score (nSPS) is 11.7. The summed E-state index contributed by atoms with van der Waals surface area (Å²) in [7, 11) is 0. The Labute approximate surface area is 203 Å². The highest BCUT2D eigenvalue weighted by molar-refractivity contribution is 5.99. The van der Waals surface area contributed by atoms with Crippen molar-refractivity contribution >= 4 is 17.8 Å². The lowest BCUT2D eigenvalue weighted by atomic mass is 9.98. The van der Waals surface area contributed by atoms with Crippen LogP contribution in [0.15, 0.2) is 55.0 Å². The summed E-state index contributed by atoms with van der Waals surface area (Å²) in [6.45, 7) is 6.22. The fourth-order valence-corrected chi connectivity index (χ4v) is 4.14. The first-order chi connectivity index (χ1) is 16.8. The molecule has 0 spiro atoms. The molecule has 1 atom stereocenters. The SMILES string of the molecule is Cc1cc(C)c(C(=O)NC(Cc2ccc(-c3ncc(CNc4ncc[nH]4)[nH]3)cc2)C(=O)O)c(C)c1. The van der Waals surface area contributed by atoms with Crippen LogP contribution >= 0.6 is 0 Å². The van der Waals surface area contributed by atoms with Gasteiger partial charge in [0.1, 0.15) is 11.9 Å². The predicted octanol–water partition coefficient (Wildman–Crippen LogP) is 3.76. The number of aromatic amines is 2. The summed E-state index contributed by atoms with van der Waals surface area (Å²) in [5.41, 5.74) is 5.80. The van der Waals surface area contributed by atoms with E-state index in [1.807, 2.05) is 57.2 Å². The second-order valence-corrected chi connectivity index (χ2v) is 8.59. The van der Waals surface area contributed by atoms with Crippen molar-refractivity contribution in [2.24, 2.45) is 0 Å². The highest BCUT2D eigenvalue weighted by Crippen LogP contribution is 2.19. The number of hydrogen-bond donors (Lipinski definition) is 5. The van der Waals surface area contributed by atoms with Gasteiger partial charge in [0.15, 0.2) is 5.95 Å². The number of imidazole rings is 2. The Hall–Kier alpha value is -4.40. The summed E-state index contributed by atoms with van der Waals surface area (Å²) in [6, 6.07) is 10.3. The molecule has 4 rings (SSSR count). The minimum Gasteiger partial charge on any atom is -0.480 e. The average molecular weight is 473 g/mol. The van der Waals surface area contributed by atoms with Gasteiger partial charge in [0, 0.05) is 29.9 Å². The molecule has 5 N–H and O–H groups in total. The van der Waals surface area contributed by atoms with Crippen molar-refractivity contribution in [2.75, 3.05) is 5.32 Å². The second kappa shape index (κ2) is 10.3. The van der Waals surface area contributed by atoms with E-state index >= 15 is 0 Å². The van der Waals surface area contributed by atoms with Crippen LogP contribution in [0.1, 0.15) is 38.3 Å². The first kappa shape index (κ1) is 23.7. The van der Waals surface area contributed by atoms with E-state index in [1.165, 1.54) is 0 Å². The largest absolute Gasteiger partial charge is 0.480 e. The number of H-pyrrole nitrogens is 2. The standard InChI is InChI=1S/C26H28N6O3/c1-15-10-16(2)22(17(3)11-15)24(33)32-21(25(34)35)12-18-4-6-19(7-5-18)23-29-13-20(31-23)14-30-26-27-8-9-28-26/h4-11,13,21H,12,14H2,1-3H3,(H,29,31)(H,32,33)(H,34,35)(H2,27,28,30). The van der Waals surface area contributed by atoms with E-state index in [0.717, 1.165) is 33.5 Å². The first-order valence-corrected chi connectivity index (χ1v) is 11.3. The van der Waals surface area contributed by atoms with Crippen LogP contribution in [0.3, 0.4) is 0 Å². The van der Waals surface area contributed by atoms with Gasteiger partial charge in [-0.05, 0) is 37.5 Å². The van der Waals surface area contributed by atoms with Crippen molar-refractivity contribution in [1.82, 2.24) is 25.3 Å². The molecule has 0 saturated heterocycles. The van der Waals surface area contributed by atoms with Crippen molar-refractivity contribution in [3.05, 3.63) is 88.5 Å². The third-order valence-electron chi connectivity index (χ3n) is 5.75. The Bertz CT molecular complexity index is 1300. The van der Waals surface area contributed by atoms with Crippen LogP contribution in [-0.4, -0.2) is 43.0 Å². The van der Waals surface area contributed by atoms with Gasteiger partial charge in [-0.2, -0.15) is 0 Å². The van der Waals surface area contributed by atoms with Gasteiger partial charge in [0.25, 0.3) is 5.91 Å². The summed E-state index contributed by atoms with van der Waals surface area (Å²) >= 11 is 0. The zero-order valence-electron chi connectivity index (χ0n) is 19.8. The lowest BCUT2D eigenvalue weighted by Gasteiger charge is -2.17. The quantitative estimate of drug-likeness (QED) is 0.252. The molecule has 0 aliphatic rings. The highest BCUT2D eigenvalue weighted by Gasteiger charge is 2.23. The van der Waals surface area contributed by atoms with Crippen LogP contribution in [0.5, 0.6) is 0 Å². The molecule has 35 heavy (non-hydrogen) atoms. The van der Waals surface area contributed by atoms with Crippen molar-refractivity contribution in [3.8, 4) is 11.4 Å². The maximum Gasteiger partial charge on any atom is 0.326 e. The number of amides is 1. The molecule has 0 fully saturated rings. The third kappa shape index (κ3) is 5.75. The molecule has 4 aromatic rings. The van der Waals surface area contributed by atoms with Gasteiger partial charge in [-0.25, -0.2) is 14.8 Å². The van der Waals surface area contributed by atoms with Gasteiger partial charge in [-0.1, -0.05) is 42.0 Å². The molecule has 2 aromatic heterocycles. The number of aryl methyl sites for hydroxylation is 3. The van der Waals surface area contributed by atoms with E-state index < -0.39 is 12.0 Å². The Morgan fingerprint density at radius 3 is 2.40 bits per heavy atom. The van der Waals surface area contributed by atoms with Crippen molar-refractivity contribution < 1.29 is 14.7 Å². The monoisotopic (exact) mass is 472 g/mol. The first-order valence-electron chi connectivity index (χ1n) is 11.3. The molecule has 0 aliphatic carbocycles. The van der Waals surface area contributed by atoms with E-state index in [1.54, 1.807) is 18.6 Å². The number of aliphatic carboxylic acids is 1. The maximum absolute atomic E-state index is 12.9. The molecular formula is C26H28N6O3. The summed E-state index contributed by atoms with van der Waals surface area (Å²) in [6.07, 6.45) is 5.34. The number of nitrogens with zero attached hydrogens (tertiary/aromatic N) is 2. The van der Waals surface area contributed by atoms with E-state index in [4.69, 9.17) is 0 Å². The van der Waals surface area contributed by atoms with E-state index in [2.05, 4.69) is 30.6 Å². The molecule has 2 heterocycles. The van der Waals surface area contributed by atoms with E-state index in [-0.39, 0.29) is 12.3 Å². The Morgan fingerprint density at radius 1 is 1.06 bits per heavy atom. The molecule has 1 unspecified atom stereocenters. The number of carbonyl (C=O) groups is 2. The van der Waals surface area contributed by atoms with Crippen LogP contribution < -0.4 is 10.6 Å². The molecule has 0 bridgehead atoms. The molecule has 180 valence electrons. The summed E-state index contributed by atoms with van der Waals surface area (Å²) in [5.74, 6) is -0.0700. The number of carboxylic acid groups (broad SMARTS) is 1. The number of anilines is 1. The predicted molar refractivity (Wildman–Crippen MR) is 133 cm³/mol. The van der Waals surface area contributed by atoms with Gasteiger partial charge in [0.2, 0.25) is 0 Å². The second-order valence-electron chi connectivity index (χ2n) is 8.59. The van der Waals surface area contributed by atoms with Crippen LogP contribution in [0.2, 0.25) is 0 Å². The van der Waals surface area contributed by atoms with Crippen molar-refractivity contribution in [2.45, 2.75) is 39.8 Å². The Kier molecular flexibility index (Phi) is 6.96. The third-order valence-corrected chi connectivity index (χ3v) is 5.75. The number of aromatic nitrogens is 4. The molecular weight excluding hydrogens is 444 g/mol. The molecule has 2 aromatic carbocycles. The van der Waals surface area contributed by atoms with Crippen LogP contribution in [0.4, 0.5) is 5.95 Å². The van der Waals surface area contributed by atoms with Gasteiger partial charge in [-0.3, -0.25) is 4.79 Å². The molecule has 0 saturated carbocycles. The van der Waals surface area contributed by atoms with Crippen LogP contribution in [0, 0.1) is 20.8 Å². The number of nitrogens with one attached hydrogen (secondary N) is 4. The highest BCUT2D eigenvalue weighted by atomic mass is 16.4. The molecule has 0 radical (unpaired) electrons. The smallest absolute Gasteiger partial charge is 0.326 e. The molecule has 1 amide bonds. The van der Waals surface area contributed by atoms with Crippen molar-refractivity contribution in [1.29, 1.82) is 0 Å². The molecule has 9 nitrogen and oxygen atoms in total. The fraction of sp³-hybridized carbons (Fsp3) is 0.231. The van der Waals surface area contributed by atoms with E-state index in [0.29, 0.717) is 23.9 Å². The zero-order valence-corrected chi connectivity index (χ0v) is 19.8. The lowest BCUT2D eigenvalue weighted by Crippen LogP contribution is -2.42. The van der Waals surface area contributed by atoms with Gasteiger partial charge < -0.3 is 25.7 Å². The topological polar surface area (TPSA) is 136 Å². The number of carbonyl (C=O) groups excluding carboxylic acids is 1. The average Bonchev–Trinajstić information content (AvgIpc) is 3.49. The minimum absolute atomic E-state index is 0.168. The number of hydrogen-bond acceptors (Lipinski definition) is 5. The molecule has 0 aliphatic heterocycles. The van der Waals surface area contributed by atoms with Crippen molar-refractivity contribution in [3.63, 3.8) is 0 Å². The van der Waals surface area contributed by atoms with Gasteiger partial charge in [-0.15, -0.1) is 0 Å². The van der Waals surface area contributed by atoms with Gasteiger partial charge in [0.05, 0.1) is 18.4 Å². The fourth-order valence-electron chi connectivity index (χ4n) is 4.14. The van der Waals surface area contributed by atoms with Crippen LogP contribution in [-0.2, 0) is 17.8 Å². The Balaban J connectivity index is 1.41.